The largest absolute Gasteiger partial charge is 0.366 e. The van der Waals surface area contributed by atoms with Crippen molar-refractivity contribution in [1.82, 2.24) is 9.97 Å². The van der Waals surface area contributed by atoms with Crippen molar-refractivity contribution >= 4 is 17.8 Å². The molecule has 17 heavy (non-hydrogen) atoms. The summed E-state index contributed by atoms with van der Waals surface area (Å²) in [6.45, 7) is 0. The first-order chi connectivity index (χ1) is 8.16. The Kier molecular flexibility index (Phi) is 2.87. The molecule has 86 valence electrons. The minimum Gasteiger partial charge on any atom is -0.366 e. The predicted octanol–water partition coefficient (Wildman–Crippen LogP) is 0.761. The molecule has 0 atom stereocenters. The van der Waals surface area contributed by atoms with Crippen LogP contribution in [0.15, 0.2) is 36.7 Å². The number of amides is 2. The van der Waals surface area contributed by atoms with Crippen LogP contribution in [0, 0.1) is 0 Å². The smallest absolute Gasteiger partial charge is 0.257 e. The molecule has 0 aliphatic heterocycles. The van der Waals surface area contributed by atoms with Crippen molar-refractivity contribution in [2.75, 3.05) is 5.32 Å². The maximum absolute atomic E-state index is 11.7. The van der Waals surface area contributed by atoms with Gasteiger partial charge in [0.2, 0.25) is 11.9 Å². The van der Waals surface area contributed by atoms with Gasteiger partial charge in [-0.1, -0.05) is 0 Å². The molecule has 1 aromatic heterocycles. The van der Waals surface area contributed by atoms with Crippen LogP contribution in [0.5, 0.6) is 0 Å². The van der Waals surface area contributed by atoms with E-state index in [2.05, 4.69) is 15.3 Å². The number of nitrogens with one attached hydrogen (secondary N) is 2. The molecule has 0 aliphatic rings. The maximum atomic E-state index is 11.7. The third kappa shape index (κ3) is 2.49. The molecule has 0 saturated carbocycles. The molecule has 2 rings (SSSR count). The summed E-state index contributed by atoms with van der Waals surface area (Å²) in [7, 11) is 0. The third-order valence-electron chi connectivity index (χ3n) is 2.16. The topological polar surface area (TPSA) is 101 Å². The van der Waals surface area contributed by atoms with E-state index in [0.29, 0.717) is 17.1 Å². The van der Waals surface area contributed by atoms with Crippen LogP contribution in [0.2, 0.25) is 0 Å². The number of nitrogens with zero attached hydrogens (tertiary/aromatic N) is 1. The maximum Gasteiger partial charge on any atom is 0.257 e. The number of carbonyl (C=O) groups excluding carboxylic acids is 2. The SMILES string of the molecule is NC(=O)c1ccc(C(=O)Nc2ncc[nH]2)cc1. The van der Waals surface area contributed by atoms with Gasteiger partial charge >= 0.3 is 0 Å². The van der Waals surface area contributed by atoms with Crippen molar-refractivity contribution in [3.8, 4) is 0 Å². The molecule has 1 heterocycles. The van der Waals surface area contributed by atoms with Gasteiger partial charge in [-0.15, -0.1) is 0 Å². The highest BCUT2D eigenvalue weighted by atomic mass is 16.2. The van der Waals surface area contributed by atoms with Crippen LogP contribution in [0.3, 0.4) is 0 Å². The molecule has 0 spiro atoms. The van der Waals surface area contributed by atoms with Gasteiger partial charge < -0.3 is 10.7 Å². The van der Waals surface area contributed by atoms with E-state index in [-0.39, 0.29) is 5.91 Å². The summed E-state index contributed by atoms with van der Waals surface area (Å²) in [6, 6.07) is 6.05. The summed E-state index contributed by atoms with van der Waals surface area (Å²) in [5.41, 5.74) is 5.88. The second-order valence-corrected chi connectivity index (χ2v) is 3.33. The van der Waals surface area contributed by atoms with Crippen LogP contribution < -0.4 is 11.1 Å². The molecule has 0 fully saturated rings. The second-order valence-electron chi connectivity index (χ2n) is 3.33. The van der Waals surface area contributed by atoms with Crippen molar-refractivity contribution < 1.29 is 9.59 Å². The lowest BCUT2D eigenvalue weighted by Crippen LogP contribution is -2.14. The van der Waals surface area contributed by atoms with Gasteiger partial charge in [-0.25, -0.2) is 4.98 Å². The second kappa shape index (κ2) is 4.48. The van der Waals surface area contributed by atoms with Crippen molar-refractivity contribution in [3.05, 3.63) is 47.8 Å². The summed E-state index contributed by atoms with van der Waals surface area (Å²) in [5, 5.41) is 2.57. The van der Waals surface area contributed by atoms with Crippen LogP contribution in [0.4, 0.5) is 5.95 Å². The minimum atomic E-state index is -0.525. The predicted molar refractivity (Wildman–Crippen MR) is 61.5 cm³/mol. The van der Waals surface area contributed by atoms with E-state index in [0.717, 1.165) is 0 Å². The summed E-state index contributed by atoms with van der Waals surface area (Å²) < 4.78 is 0. The fraction of sp³-hybridized carbons (Fsp3) is 0. The number of hydrogen-bond donors (Lipinski definition) is 3. The standard InChI is InChI=1S/C11H10N4O2/c12-9(16)7-1-3-8(4-2-7)10(17)15-11-13-5-6-14-11/h1-6H,(H2,12,16)(H2,13,14,15,17). The molecular formula is C11H10N4O2. The van der Waals surface area contributed by atoms with Gasteiger partial charge in [-0.05, 0) is 24.3 Å². The van der Waals surface area contributed by atoms with Gasteiger partial charge in [0.05, 0.1) is 0 Å². The molecule has 2 aromatic rings. The average Bonchev–Trinajstić information content (AvgIpc) is 2.82. The van der Waals surface area contributed by atoms with Gasteiger partial charge in [-0.3, -0.25) is 14.9 Å². The normalized spacial score (nSPS) is 9.88. The van der Waals surface area contributed by atoms with Crippen LogP contribution in [-0.2, 0) is 0 Å². The van der Waals surface area contributed by atoms with E-state index in [9.17, 15) is 9.59 Å². The number of carbonyl (C=O) groups is 2. The molecule has 1 aromatic carbocycles. The lowest BCUT2D eigenvalue weighted by molar-refractivity contribution is 0.0995. The molecule has 0 aliphatic carbocycles. The van der Waals surface area contributed by atoms with Crippen LogP contribution in [0.25, 0.3) is 0 Å². The van der Waals surface area contributed by atoms with Gasteiger partial charge in [0, 0.05) is 23.5 Å². The minimum absolute atomic E-state index is 0.309. The monoisotopic (exact) mass is 230 g/mol. The molecule has 2 amide bonds. The van der Waals surface area contributed by atoms with Gasteiger partial charge in [0.1, 0.15) is 0 Å². The Morgan fingerprint density at radius 2 is 1.82 bits per heavy atom. The number of nitrogens with two attached hydrogens (primary N) is 1. The van der Waals surface area contributed by atoms with Crippen LogP contribution in [-0.4, -0.2) is 21.8 Å². The Morgan fingerprint density at radius 1 is 1.18 bits per heavy atom. The molecule has 0 bridgehead atoms. The number of primary amides is 1. The Balaban J connectivity index is 2.12. The highest BCUT2D eigenvalue weighted by Gasteiger charge is 2.08. The number of benzene rings is 1. The van der Waals surface area contributed by atoms with Gasteiger partial charge in [0.25, 0.3) is 5.91 Å². The van der Waals surface area contributed by atoms with Crippen molar-refractivity contribution in [1.29, 1.82) is 0 Å². The third-order valence-corrected chi connectivity index (χ3v) is 2.16. The Labute approximate surface area is 96.9 Å². The summed E-state index contributed by atoms with van der Waals surface area (Å²) in [4.78, 5) is 29.2. The summed E-state index contributed by atoms with van der Waals surface area (Å²) >= 11 is 0. The molecular weight excluding hydrogens is 220 g/mol. The van der Waals surface area contributed by atoms with Crippen molar-refractivity contribution in [2.24, 2.45) is 5.73 Å². The van der Waals surface area contributed by atoms with E-state index in [1.54, 1.807) is 6.20 Å². The first kappa shape index (κ1) is 10.9. The molecule has 4 N–H and O–H groups in total. The number of imidazole rings is 1. The molecule has 0 radical (unpaired) electrons. The Morgan fingerprint density at radius 3 is 2.35 bits per heavy atom. The first-order valence-corrected chi connectivity index (χ1v) is 4.87. The van der Waals surface area contributed by atoms with E-state index >= 15 is 0 Å². The van der Waals surface area contributed by atoms with E-state index in [4.69, 9.17) is 5.73 Å². The molecule has 6 heteroatoms. The molecule has 0 unspecified atom stereocenters. The van der Waals surface area contributed by atoms with Crippen LogP contribution >= 0.6 is 0 Å². The summed E-state index contributed by atoms with van der Waals surface area (Å²) in [5.74, 6) is -0.465. The zero-order valence-electron chi connectivity index (χ0n) is 8.81. The Bertz CT molecular complexity index is 531. The first-order valence-electron chi connectivity index (χ1n) is 4.87. The van der Waals surface area contributed by atoms with E-state index in [1.807, 2.05) is 0 Å². The van der Waals surface area contributed by atoms with E-state index in [1.165, 1.54) is 30.5 Å². The lowest BCUT2D eigenvalue weighted by Gasteiger charge is -2.02. The van der Waals surface area contributed by atoms with E-state index < -0.39 is 5.91 Å². The fourth-order valence-electron chi connectivity index (χ4n) is 1.30. The quantitative estimate of drug-likeness (QED) is 0.725. The number of H-pyrrole nitrogens is 1. The molecule has 6 nitrogen and oxygen atoms in total. The lowest BCUT2D eigenvalue weighted by atomic mass is 10.1. The van der Waals surface area contributed by atoms with Crippen LogP contribution in [0.1, 0.15) is 20.7 Å². The number of hydrogen-bond acceptors (Lipinski definition) is 3. The summed E-state index contributed by atoms with van der Waals surface area (Å²) in [6.07, 6.45) is 3.14. The number of aromatic nitrogens is 2. The fourth-order valence-corrected chi connectivity index (χ4v) is 1.30. The van der Waals surface area contributed by atoms with Crippen molar-refractivity contribution in [2.45, 2.75) is 0 Å². The van der Waals surface area contributed by atoms with Gasteiger partial charge in [-0.2, -0.15) is 0 Å². The van der Waals surface area contributed by atoms with Gasteiger partial charge in [0.15, 0.2) is 0 Å². The zero-order chi connectivity index (χ0) is 12.3. The van der Waals surface area contributed by atoms with Crippen molar-refractivity contribution in [3.63, 3.8) is 0 Å². The number of aromatic amines is 1. The zero-order valence-corrected chi connectivity index (χ0v) is 8.81. The highest BCUT2D eigenvalue weighted by molar-refractivity contribution is 6.04. The Hall–Kier alpha value is -2.63. The highest BCUT2D eigenvalue weighted by Crippen LogP contribution is 2.06. The number of rotatable bonds is 3. The molecule has 0 saturated heterocycles. The number of anilines is 1. The average molecular weight is 230 g/mol.